The van der Waals surface area contributed by atoms with Crippen molar-refractivity contribution in [3.63, 3.8) is 0 Å². The highest BCUT2D eigenvalue weighted by atomic mass is 16.5. The minimum atomic E-state index is -1.10. The van der Waals surface area contributed by atoms with Crippen molar-refractivity contribution in [3.05, 3.63) is 47.7 Å². The molecule has 2 rings (SSSR count). The van der Waals surface area contributed by atoms with E-state index < -0.39 is 11.6 Å². The van der Waals surface area contributed by atoms with Crippen LogP contribution in [-0.2, 0) is 6.42 Å². The fourth-order valence-corrected chi connectivity index (χ4v) is 2.43. The summed E-state index contributed by atoms with van der Waals surface area (Å²) >= 11 is 0. The number of ether oxygens (including phenoxy) is 2. The molecule has 0 saturated carbocycles. The van der Waals surface area contributed by atoms with Crippen LogP contribution in [0.2, 0.25) is 0 Å². The van der Waals surface area contributed by atoms with E-state index in [2.05, 4.69) is 10.3 Å². The number of benzene rings is 1. The van der Waals surface area contributed by atoms with Gasteiger partial charge in [-0.15, -0.1) is 0 Å². The van der Waals surface area contributed by atoms with Crippen molar-refractivity contribution in [2.45, 2.75) is 18.9 Å². The second-order valence-electron chi connectivity index (χ2n) is 5.93. The number of hydrogen-bond acceptors (Lipinski definition) is 6. The summed E-state index contributed by atoms with van der Waals surface area (Å²) in [6, 6.07) is 10.1. The van der Waals surface area contributed by atoms with Crippen LogP contribution in [0.3, 0.4) is 0 Å². The van der Waals surface area contributed by atoms with Crippen molar-refractivity contribution in [3.8, 4) is 11.5 Å². The second-order valence-corrected chi connectivity index (χ2v) is 5.93. The predicted octanol–water partition coefficient (Wildman–Crippen LogP) is 2.20. The van der Waals surface area contributed by atoms with Crippen molar-refractivity contribution in [2.24, 2.45) is 0 Å². The van der Waals surface area contributed by atoms with Gasteiger partial charge in [-0.2, -0.15) is 0 Å². The summed E-state index contributed by atoms with van der Waals surface area (Å²) in [6.07, 6.45) is 0.374. The molecule has 0 bridgehead atoms. The number of nitrogens with zero attached hydrogens (tertiary/aromatic N) is 1. The van der Waals surface area contributed by atoms with Gasteiger partial charge in [-0.25, -0.2) is 9.78 Å². The molecule has 2 aromatic rings. The Morgan fingerprint density at radius 3 is 2.56 bits per heavy atom. The number of rotatable bonds is 8. The van der Waals surface area contributed by atoms with Gasteiger partial charge in [0.2, 0.25) is 0 Å². The van der Waals surface area contributed by atoms with E-state index >= 15 is 0 Å². The van der Waals surface area contributed by atoms with Gasteiger partial charge in [-0.1, -0.05) is 12.1 Å². The van der Waals surface area contributed by atoms with E-state index in [1.54, 1.807) is 39.3 Å². The molecule has 0 fully saturated rings. The summed E-state index contributed by atoms with van der Waals surface area (Å²) in [5.41, 5.74) is -0.234. The highest BCUT2D eigenvalue weighted by Gasteiger charge is 2.22. The molecule has 0 aliphatic carbocycles. The number of methoxy groups -OCH3 is 2. The molecule has 1 aromatic carbocycles. The lowest BCUT2D eigenvalue weighted by Gasteiger charge is -2.24. The molecule has 1 unspecified atom stereocenters. The van der Waals surface area contributed by atoms with Gasteiger partial charge >= 0.3 is 5.97 Å². The molecule has 7 nitrogen and oxygen atoms in total. The van der Waals surface area contributed by atoms with Gasteiger partial charge in [0.1, 0.15) is 5.82 Å². The van der Waals surface area contributed by atoms with Gasteiger partial charge in [-0.3, -0.25) is 0 Å². The van der Waals surface area contributed by atoms with E-state index in [-0.39, 0.29) is 12.2 Å². The first-order chi connectivity index (χ1) is 11.8. The molecule has 1 aromatic heterocycles. The summed E-state index contributed by atoms with van der Waals surface area (Å²) in [5.74, 6) is 0.520. The average molecular weight is 346 g/mol. The summed E-state index contributed by atoms with van der Waals surface area (Å²) < 4.78 is 10.5. The van der Waals surface area contributed by atoms with Crippen LogP contribution in [0.25, 0.3) is 0 Å². The number of hydrogen-bond donors (Lipinski definition) is 3. The van der Waals surface area contributed by atoms with Crippen LogP contribution >= 0.6 is 0 Å². The van der Waals surface area contributed by atoms with Crippen LogP contribution in [0.1, 0.15) is 23.0 Å². The Hall–Kier alpha value is -2.80. The van der Waals surface area contributed by atoms with Crippen LogP contribution in [0.5, 0.6) is 11.5 Å². The van der Waals surface area contributed by atoms with Gasteiger partial charge in [0.05, 0.1) is 19.8 Å². The second kappa shape index (κ2) is 7.85. The minimum absolute atomic E-state index is 0.0514. The molecule has 0 spiro atoms. The van der Waals surface area contributed by atoms with Gasteiger partial charge in [0, 0.05) is 13.0 Å². The van der Waals surface area contributed by atoms with Crippen molar-refractivity contribution in [1.29, 1.82) is 0 Å². The number of carboxylic acids is 1. The number of carbonyl (C=O) groups is 1. The van der Waals surface area contributed by atoms with E-state index in [4.69, 9.17) is 14.6 Å². The Morgan fingerprint density at radius 2 is 1.92 bits per heavy atom. The van der Waals surface area contributed by atoms with Gasteiger partial charge in [0.15, 0.2) is 17.2 Å². The fraction of sp³-hybridized carbons (Fsp3) is 0.333. The lowest BCUT2D eigenvalue weighted by atomic mass is 9.96. The topological polar surface area (TPSA) is 101 Å². The number of nitrogens with one attached hydrogen (secondary N) is 1. The Labute approximate surface area is 146 Å². The third-order valence-corrected chi connectivity index (χ3v) is 3.65. The first-order valence-corrected chi connectivity index (χ1v) is 7.72. The molecule has 0 amide bonds. The lowest BCUT2D eigenvalue weighted by molar-refractivity contribution is 0.0690. The van der Waals surface area contributed by atoms with E-state index in [0.29, 0.717) is 23.7 Å². The monoisotopic (exact) mass is 346 g/mol. The highest BCUT2D eigenvalue weighted by molar-refractivity contribution is 5.85. The normalized spacial score (nSPS) is 13.0. The van der Waals surface area contributed by atoms with Crippen molar-refractivity contribution in [1.82, 2.24) is 4.98 Å². The molecule has 0 radical (unpaired) electrons. The lowest BCUT2D eigenvalue weighted by Crippen LogP contribution is -2.36. The maximum atomic E-state index is 10.9. The van der Waals surface area contributed by atoms with Crippen LogP contribution in [0.15, 0.2) is 36.4 Å². The summed E-state index contributed by atoms with van der Waals surface area (Å²) in [5, 5.41) is 22.6. The summed E-state index contributed by atoms with van der Waals surface area (Å²) in [4.78, 5) is 14.9. The third kappa shape index (κ3) is 5.09. The number of aromatic carboxylic acids is 1. The molecule has 0 saturated heterocycles. The molecule has 1 atom stereocenters. The smallest absolute Gasteiger partial charge is 0.354 e. The molecular formula is C18H22N2O5. The number of aromatic nitrogens is 1. The van der Waals surface area contributed by atoms with E-state index in [9.17, 15) is 9.90 Å². The molecule has 7 heteroatoms. The highest BCUT2D eigenvalue weighted by Crippen LogP contribution is 2.29. The van der Waals surface area contributed by atoms with Crippen molar-refractivity contribution in [2.75, 3.05) is 26.1 Å². The third-order valence-electron chi connectivity index (χ3n) is 3.65. The molecule has 25 heavy (non-hydrogen) atoms. The molecule has 0 aliphatic rings. The Balaban J connectivity index is 2.04. The average Bonchev–Trinajstić information content (AvgIpc) is 2.60. The molecule has 1 heterocycles. The predicted molar refractivity (Wildman–Crippen MR) is 93.6 cm³/mol. The largest absolute Gasteiger partial charge is 0.493 e. The van der Waals surface area contributed by atoms with Crippen molar-refractivity contribution >= 4 is 11.8 Å². The zero-order valence-corrected chi connectivity index (χ0v) is 14.4. The number of aliphatic hydroxyl groups is 1. The maximum absolute atomic E-state index is 10.9. The van der Waals surface area contributed by atoms with Gasteiger partial charge in [-0.05, 0) is 36.8 Å². The van der Waals surface area contributed by atoms with E-state index in [1.807, 2.05) is 12.1 Å². The Morgan fingerprint density at radius 1 is 1.20 bits per heavy atom. The molecule has 3 N–H and O–H groups in total. The maximum Gasteiger partial charge on any atom is 0.354 e. The Kier molecular flexibility index (Phi) is 5.82. The van der Waals surface area contributed by atoms with Gasteiger partial charge < -0.3 is 25.0 Å². The zero-order chi connectivity index (χ0) is 18.4. The number of pyridine rings is 1. The van der Waals surface area contributed by atoms with Crippen LogP contribution in [0.4, 0.5) is 5.82 Å². The first kappa shape index (κ1) is 18.5. The zero-order valence-electron chi connectivity index (χ0n) is 14.4. The standard InChI is InChI=1S/C18H22N2O5/c1-18(23,10-12-7-8-14(24-2)15(9-12)25-3)11-19-16-6-4-5-13(20-16)17(21)22/h4-9,23H,10-11H2,1-3H3,(H,19,20)(H,21,22). The summed E-state index contributed by atoms with van der Waals surface area (Å²) in [6.45, 7) is 1.90. The first-order valence-electron chi connectivity index (χ1n) is 7.72. The quantitative estimate of drug-likeness (QED) is 0.673. The molecule has 134 valence electrons. The van der Waals surface area contributed by atoms with Gasteiger partial charge in [0.25, 0.3) is 0 Å². The Bertz CT molecular complexity index is 746. The van der Waals surface area contributed by atoms with E-state index in [1.165, 1.54) is 6.07 Å². The minimum Gasteiger partial charge on any atom is -0.493 e. The summed E-state index contributed by atoms with van der Waals surface area (Å²) in [7, 11) is 3.12. The fourth-order valence-electron chi connectivity index (χ4n) is 2.43. The van der Waals surface area contributed by atoms with Crippen molar-refractivity contribution < 1.29 is 24.5 Å². The number of carboxylic acid groups (broad SMARTS) is 1. The number of anilines is 1. The van der Waals surface area contributed by atoms with Crippen LogP contribution in [-0.4, -0.2) is 47.5 Å². The van der Waals surface area contributed by atoms with Crippen LogP contribution in [0, 0.1) is 0 Å². The van der Waals surface area contributed by atoms with Crippen LogP contribution < -0.4 is 14.8 Å². The molecular weight excluding hydrogens is 324 g/mol. The molecule has 0 aliphatic heterocycles. The van der Waals surface area contributed by atoms with E-state index in [0.717, 1.165) is 5.56 Å². The SMILES string of the molecule is COc1ccc(CC(C)(O)CNc2cccc(C(=O)O)n2)cc1OC.